The van der Waals surface area contributed by atoms with E-state index in [9.17, 15) is 13.2 Å². The van der Waals surface area contributed by atoms with Gasteiger partial charge in [-0.15, -0.1) is 13.2 Å². The van der Waals surface area contributed by atoms with Crippen LogP contribution in [-0.2, 0) is 24.1 Å². The van der Waals surface area contributed by atoms with Gasteiger partial charge >= 0.3 is 0 Å². The lowest BCUT2D eigenvalue weighted by Crippen LogP contribution is -2.54. The molecule has 1 aliphatic rings. The van der Waals surface area contributed by atoms with Gasteiger partial charge in [0.2, 0.25) is 0 Å². The van der Waals surface area contributed by atoms with E-state index in [1.54, 1.807) is 12.2 Å². The largest absolute Gasteiger partial charge is 0.490 e. The van der Waals surface area contributed by atoms with E-state index in [1.165, 1.54) is 29.7 Å². The number of nitrogens with one attached hydrogen (secondary N) is 1. The molecule has 2 rings (SSSR count). The molecule has 0 atom stereocenters. The van der Waals surface area contributed by atoms with E-state index < -0.39 is 20.5 Å². The second-order valence-electron chi connectivity index (χ2n) is 6.11. The minimum Gasteiger partial charge on any atom is -0.490 e. The molecule has 0 unspecified atom stereocenters. The quantitative estimate of drug-likeness (QED) is 0.152. The van der Waals surface area contributed by atoms with Gasteiger partial charge in [-0.2, -0.15) is 0 Å². The zero-order valence-electron chi connectivity index (χ0n) is 17.1. The maximum atomic E-state index is 13.1. The summed E-state index contributed by atoms with van der Waals surface area (Å²) in [5.74, 6) is 0.167. The van der Waals surface area contributed by atoms with Crippen molar-refractivity contribution < 1.29 is 32.6 Å². The fraction of sp³-hybridized carbons (Fsp3) is 0.381. The lowest BCUT2D eigenvalue weighted by molar-refractivity contribution is -0.134. The number of ether oxygens (including phenoxy) is 3. The molecule has 0 radical (unpaired) electrons. The van der Waals surface area contributed by atoms with E-state index in [0.29, 0.717) is 18.1 Å². The van der Waals surface area contributed by atoms with Crippen molar-refractivity contribution in [2.45, 2.75) is 29.4 Å². The Balaban J connectivity index is 0.00000218. The molecular formula is C21H29NO7S. The molecule has 1 fully saturated rings. The summed E-state index contributed by atoms with van der Waals surface area (Å²) in [7, 11) is -4.05. The topological polar surface area (TPSA) is 111 Å². The summed E-state index contributed by atoms with van der Waals surface area (Å²) in [6.45, 7) is 12.3. The molecule has 1 aromatic rings. The monoisotopic (exact) mass is 439 g/mol. The molecule has 30 heavy (non-hydrogen) atoms. The first-order chi connectivity index (χ1) is 14.4. The highest BCUT2D eigenvalue weighted by molar-refractivity contribution is 7.93. The van der Waals surface area contributed by atoms with Gasteiger partial charge < -0.3 is 14.2 Å². The van der Waals surface area contributed by atoms with Crippen LogP contribution in [0.3, 0.4) is 0 Å². The van der Waals surface area contributed by atoms with Crippen molar-refractivity contribution in [3.05, 3.63) is 61.9 Å². The van der Waals surface area contributed by atoms with Crippen molar-refractivity contribution in [3.8, 4) is 5.75 Å². The molecule has 0 bridgehead atoms. The molecule has 0 aromatic heterocycles. The van der Waals surface area contributed by atoms with Crippen LogP contribution in [0.5, 0.6) is 5.75 Å². The van der Waals surface area contributed by atoms with Gasteiger partial charge in [0, 0.05) is 13.2 Å². The van der Waals surface area contributed by atoms with E-state index in [1.807, 2.05) is 6.92 Å². The number of carbonyl (C=O) groups is 1. The first-order valence-electron chi connectivity index (χ1n) is 9.32. The number of hydroxylamine groups is 1. The van der Waals surface area contributed by atoms with Gasteiger partial charge in [0.25, 0.3) is 5.91 Å². The summed E-state index contributed by atoms with van der Waals surface area (Å²) in [5.41, 5.74) is 1.49. The molecule has 2 N–H and O–H groups in total. The number of rotatable bonds is 9. The van der Waals surface area contributed by atoms with Crippen LogP contribution >= 0.6 is 0 Å². The Morgan fingerprint density at radius 1 is 1.23 bits per heavy atom. The van der Waals surface area contributed by atoms with Crippen molar-refractivity contribution in [1.29, 1.82) is 0 Å². The molecular weight excluding hydrogens is 410 g/mol. The zero-order chi connectivity index (χ0) is 22.6. The normalized spacial score (nSPS) is 15.9. The van der Waals surface area contributed by atoms with Crippen LogP contribution < -0.4 is 10.2 Å². The summed E-state index contributed by atoms with van der Waals surface area (Å²) < 4.78 is 40.6. The third-order valence-corrected chi connectivity index (χ3v) is 7.09. The highest BCUT2D eigenvalue weighted by atomic mass is 32.2. The third kappa shape index (κ3) is 5.71. The van der Waals surface area contributed by atoms with Crippen molar-refractivity contribution >= 4 is 15.7 Å². The molecule has 0 spiro atoms. The molecule has 0 saturated carbocycles. The van der Waals surface area contributed by atoms with E-state index in [2.05, 4.69) is 19.7 Å². The molecule has 1 aliphatic heterocycles. The second kappa shape index (κ2) is 12.2. The van der Waals surface area contributed by atoms with Crippen LogP contribution in [0.25, 0.3) is 0 Å². The summed E-state index contributed by atoms with van der Waals surface area (Å²) in [6, 6.07) is 5.80. The van der Waals surface area contributed by atoms with Crippen LogP contribution in [0.4, 0.5) is 0 Å². The Morgan fingerprint density at radius 3 is 2.33 bits per heavy atom. The van der Waals surface area contributed by atoms with Crippen LogP contribution in [-0.4, -0.2) is 50.7 Å². The highest BCUT2D eigenvalue weighted by Crippen LogP contribution is 2.35. The Labute approximate surface area is 177 Å². The number of hydrogen-bond acceptors (Lipinski definition) is 7. The Morgan fingerprint density at radius 2 is 1.83 bits per heavy atom. The standard InChI is InChI=1S/C19H25NO7S.C2H4/c1-3-15(4-2)26-13-14-27-16-5-7-17(8-6-16)28(23,24)19(18(21)20-22)9-11-25-12-10-19;1-2/h3-8,22H,1,9-14H2,2H3,(H,20,21);1-2H2/b15-4+;. The molecule has 1 amide bonds. The first kappa shape index (κ1) is 25.4. The average Bonchev–Trinajstić information content (AvgIpc) is 2.80. The first-order valence-corrected chi connectivity index (χ1v) is 10.8. The average molecular weight is 440 g/mol. The molecule has 1 saturated heterocycles. The van der Waals surface area contributed by atoms with Gasteiger partial charge in [-0.25, -0.2) is 13.9 Å². The molecule has 1 heterocycles. The maximum absolute atomic E-state index is 13.1. The number of allylic oxidation sites excluding steroid dienone is 2. The smallest absolute Gasteiger partial charge is 0.265 e. The van der Waals surface area contributed by atoms with Crippen molar-refractivity contribution in [3.63, 3.8) is 0 Å². The van der Waals surface area contributed by atoms with Crippen LogP contribution in [0.15, 0.2) is 66.8 Å². The summed E-state index contributed by atoms with van der Waals surface area (Å²) >= 11 is 0. The second-order valence-corrected chi connectivity index (χ2v) is 8.37. The van der Waals surface area contributed by atoms with Crippen molar-refractivity contribution in [2.24, 2.45) is 0 Å². The number of amides is 1. The van der Waals surface area contributed by atoms with E-state index in [4.69, 9.17) is 19.4 Å². The van der Waals surface area contributed by atoms with Crippen LogP contribution in [0.2, 0.25) is 0 Å². The predicted octanol–water partition coefficient (Wildman–Crippen LogP) is 2.80. The van der Waals surface area contributed by atoms with Gasteiger partial charge in [-0.05, 0) is 56.2 Å². The summed E-state index contributed by atoms with van der Waals surface area (Å²) in [5, 5.41) is 9.06. The molecule has 9 heteroatoms. The molecule has 0 aliphatic carbocycles. The minimum atomic E-state index is -4.05. The van der Waals surface area contributed by atoms with E-state index >= 15 is 0 Å². The zero-order valence-corrected chi connectivity index (χ0v) is 17.9. The van der Waals surface area contributed by atoms with E-state index in [0.717, 1.165) is 0 Å². The number of hydrogen-bond donors (Lipinski definition) is 2. The minimum absolute atomic E-state index is 0.0236. The van der Waals surface area contributed by atoms with Crippen molar-refractivity contribution in [1.82, 2.24) is 5.48 Å². The number of benzene rings is 1. The van der Waals surface area contributed by atoms with Gasteiger partial charge in [0.15, 0.2) is 14.6 Å². The number of carbonyl (C=O) groups excluding carboxylic acids is 1. The van der Waals surface area contributed by atoms with Crippen LogP contribution in [0, 0.1) is 0 Å². The van der Waals surface area contributed by atoms with Gasteiger partial charge in [0.1, 0.15) is 24.7 Å². The lowest BCUT2D eigenvalue weighted by Gasteiger charge is -2.34. The summed E-state index contributed by atoms with van der Waals surface area (Å²) in [4.78, 5) is 12.2. The summed E-state index contributed by atoms with van der Waals surface area (Å²) in [6.07, 6.45) is 3.30. The fourth-order valence-electron chi connectivity index (χ4n) is 2.94. The maximum Gasteiger partial charge on any atom is 0.265 e. The van der Waals surface area contributed by atoms with Crippen molar-refractivity contribution in [2.75, 3.05) is 26.4 Å². The lowest BCUT2D eigenvalue weighted by atomic mass is 9.98. The van der Waals surface area contributed by atoms with Crippen LogP contribution in [0.1, 0.15) is 19.8 Å². The Bertz CT molecular complexity index is 825. The Kier molecular flexibility index (Phi) is 10.3. The van der Waals surface area contributed by atoms with Gasteiger partial charge in [0.05, 0.1) is 4.90 Å². The predicted molar refractivity (Wildman–Crippen MR) is 113 cm³/mol. The number of sulfone groups is 1. The molecule has 1 aromatic carbocycles. The highest BCUT2D eigenvalue weighted by Gasteiger charge is 2.52. The van der Waals surface area contributed by atoms with Gasteiger partial charge in [-0.1, -0.05) is 6.58 Å². The third-order valence-electron chi connectivity index (χ3n) is 4.57. The van der Waals surface area contributed by atoms with E-state index in [-0.39, 0.29) is 37.6 Å². The molecule has 8 nitrogen and oxygen atoms in total. The van der Waals surface area contributed by atoms with Gasteiger partial charge in [-0.3, -0.25) is 10.0 Å². The fourth-order valence-corrected chi connectivity index (χ4v) is 4.88. The SMILES string of the molecule is C=C.C=C/C(=C\C)OCCOc1ccc(S(=O)(=O)C2(C(=O)NO)CCOCC2)cc1. The Hall–Kier alpha value is -2.62. The molecule has 166 valence electrons.